The van der Waals surface area contributed by atoms with Gasteiger partial charge in [0.2, 0.25) is 0 Å². The van der Waals surface area contributed by atoms with Gasteiger partial charge in [-0.05, 0) is 13.3 Å². The topological polar surface area (TPSA) is 9.23 Å². The number of halogens is 2. The van der Waals surface area contributed by atoms with Crippen LogP contribution in [0.3, 0.4) is 0 Å². The predicted octanol–water partition coefficient (Wildman–Crippen LogP) is 3.36. The molecule has 0 saturated carbocycles. The van der Waals surface area contributed by atoms with E-state index in [0.29, 0.717) is 0 Å². The van der Waals surface area contributed by atoms with Crippen molar-refractivity contribution in [3.8, 4) is 0 Å². The van der Waals surface area contributed by atoms with E-state index in [-0.39, 0.29) is 0 Å². The van der Waals surface area contributed by atoms with Crippen LogP contribution in [-0.4, -0.2) is 13.3 Å². The third-order valence-electron chi connectivity index (χ3n) is 0.225. The van der Waals surface area contributed by atoms with Crippen molar-refractivity contribution in [3.63, 3.8) is 0 Å². The Balaban J connectivity index is 2.95. The zero-order valence-electron chi connectivity index (χ0n) is 4.06. The Bertz CT molecular complexity index is 43.0. The Labute approximate surface area is 55.6 Å². The summed E-state index contributed by atoms with van der Waals surface area (Å²) in [5.74, 6) is 0. The zero-order valence-corrected chi connectivity index (χ0v) is 7.36. The molecule has 0 heterocycles. The molecule has 0 fully saturated rings. The molecule has 7 heavy (non-hydrogen) atoms. The normalized spacial score (nSPS) is 18.9. The first-order valence-corrected chi connectivity index (χ1v) is 6.82. The van der Waals surface area contributed by atoms with Gasteiger partial charge >= 0.3 is 0 Å². The summed E-state index contributed by atoms with van der Waals surface area (Å²) >= 11 is 10.9. The highest BCUT2D eigenvalue weighted by atomic mass is 35.7. The van der Waals surface area contributed by atoms with Crippen LogP contribution in [0.15, 0.2) is 0 Å². The van der Waals surface area contributed by atoms with Gasteiger partial charge in [-0.15, -0.1) is 0 Å². The van der Waals surface area contributed by atoms with Gasteiger partial charge in [-0.2, -0.15) is 0 Å². The molecule has 0 aromatic rings. The molecule has 2 atom stereocenters. The minimum atomic E-state index is -0.771. The summed E-state index contributed by atoms with van der Waals surface area (Å²) < 4.78 is 4.91. The predicted molar refractivity (Wildman–Crippen MR) is 38.5 cm³/mol. The number of hydrogen-bond acceptors (Lipinski definition) is 1. The summed E-state index contributed by atoms with van der Waals surface area (Å²) in [5.41, 5.74) is 0. The van der Waals surface area contributed by atoms with Gasteiger partial charge in [0.25, 0.3) is 0 Å². The quantitative estimate of drug-likeness (QED) is 0.590. The average molecular weight is 179 g/mol. The monoisotopic (exact) mass is 178 g/mol. The smallest absolute Gasteiger partial charge is 0.127 e. The van der Waals surface area contributed by atoms with E-state index in [1.54, 1.807) is 13.3 Å². The SMILES string of the molecule is CP(Cl)OP(C)Cl. The van der Waals surface area contributed by atoms with Crippen LogP contribution >= 0.6 is 37.5 Å². The lowest BCUT2D eigenvalue weighted by molar-refractivity contribution is 0.723. The van der Waals surface area contributed by atoms with Crippen LogP contribution in [0.5, 0.6) is 0 Å². The Morgan fingerprint density at radius 3 is 1.43 bits per heavy atom. The largest absolute Gasteiger partial charge is 0.306 e. The second-order valence-corrected chi connectivity index (χ2v) is 6.11. The van der Waals surface area contributed by atoms with Crippen LogP contribution in [-0.2, 0) is 4.31 Å². The molecule has 0 saturated heterocycles. The van der Waals surface area contributed by atoms with Gasteiger partial charge in [0, 0.05) is 0 Å². The van der Waals surface area contributed by atoms with Crippen LogP contribution in [0, 0.1) is 0 Å². The Morgan fingerprint density at radius 1 is 1.14 bits per heavy atom. The summed E-state index contributed by atoms with van der Waals surface area (Å²) in [6, 6.07) is 0. The minimum absolute atomic E-state index is 0.771. The summed E-state index contributed by atoms with van der Waals surface area (Å²) in [7, 11) is -1.54. The first-order chi connectivity index (χ1) is 3.13. The van der Waals surface area contributed by atoms with Crippen molar-refractivity contribution in [2.24, 2.45) is 0 Å². The fraction of sp³-hybridized carbons (Fsp3) is 1.00. The average Bonchev–Trinajstić information content (AvgIpc) is 1.27. The maximum Gasteiger partial charge on any atom is 0.127 e. The molecule has 0 aliphatic carbocycles. The molecular weight excluding hydrogens is 173 g/mol. The van der Waals surface area contributed by atoms with Crippen molar-refractivity contribution in [2.75, 3.05) is 13.3 Å². The maximum absolute atomic E-state index is 5.45. The highest BCUT2D eigenvalue weighted by Gasteiger charge is 1.99. The molecule has 5 heteroatoms. The summed E-state index contributed by atoms with van der Waals surface area (Å²) in [5, 5.41) is 0. The zero-order chi connectivity index (χ0) is 5.86. The van der Waals surface area contributed by atoms with Crippen molar-refractivity contribution in [3.05, 3.63) is 0 Å². The summed E-state index contributed by atoms with van der Waals surface area (Å²) in [4.78, 5) is 0. The van der Waals surface area contributed by atoms with Gasteiger partial charge in [-0.3, -0.25) is 0 Å². The minimum Gasteiger partial charge on any atom is -0.306 e. The Morgan fingerprint density at radius 2 is 1.43 bits per heavy atom. The molecule has 0 aromatic heterocycles. The lowest BCUT2D eigenvalue weighted by Crippen LogP contribution is -1.60. The van der Waals surface area contributed by atoms with Crippen molar-refractivity contribution in [1.82, 2.24) is 0 Å². The van der Waals surface area contributed by atoms with Crippen molar-refractivity contribution in [2.45, 2.75) is 0 Å². The van der Waals surface area contributed by atoms with E-state index in [0.717, 1.165) is 0 Å². The molecule has 0 radical (unpaired) electrons. The molecule has 0 aromatic carbocycles. The summed E-state index contributed by atoms with van der Waals surface area (Å²) in [6.45, 7) is 3.61. The van der Waals surface area contributed by atoms with E-state index in [9.17, 15) is 0 Å². The lowest BCUT2D eigenvalue weighted by atomic mass is 12.0. The van der Waals surface area contributed by atoms with Crippen molar-refractivity contribution < 1.29 is 4.31 Å². The van der Waals surface area contributed by atoms with E-state index < -0.39 is 15.0 Å². The van der Waals surface area contributed by atoms with Gasteiger partial charge in [0.05, 0.1) is 0 Å². The van der Waals surface area contributed by atoms with Crippen molar-refractivity contribution >= 4 is 37.5 Å². The Kier molecular flexibility index (Phi) is 5.15. The number of rotatable bonds is 2. The first kappa shape index (κ1) is 8.40. The van der Waals surface area contributed by atoms with Gasteiger partial charge in [-0.1, -0.05) is 22.5 Å². The van der Waals surface area contributed by atoms with E-state index in [1.807, 2.05) is 0 Å². The summed E-state index contributed by atoms with van der Waals surface area (Å²) in [6.07, 6.45) is 0. The first-order valence-electron chi connectivity index (χ1n) is 1.60. The molecule has 0 spiro atoms. The molecule has 2 unspecified atom stereocenters. The molecule has 0 aliphatic rings. The Hall–Kier alpha value is 1.40. The van der Waals surface area contributed by atoms with E-state index in [2.05, 4.69) is 0 Å². The van der Waals surface area contributed by atoms with Crippen LogP contribution in [0.25, 0.3) is 0 Å². The molecule has 0 amide bonds. The van der Waals surface area contributed by atoms with Crippen LogP contribution in [0.4, 0.5) is 0 Å². The van der Waals surface area contributed by atoms with Crippen LogP contribution < -0.4 is 0 Å². The molecule has 0 N–H and O–H groups in total. The van der Waals surface area contributed by atoms with Gasteiger partial charge in [0.15, 0.2) is 0 Å². The highest BCUT2D eigenvalue weighted by Crippen LogP contribution is 2.54. The maximum atomic E-state index is 5.45. The molecule has 0 rings (SSSR count). The molecule has 0 bridgehead atoms. The van der Waals surface area contributed by atoms with Gasteiger partial charge in [-0.25, -0.2) is 0 Å². The van der Waals surface area contributed by atoms with Crippen LogP contribution in [0.1, 0.15) is 0 Å². The highest BCUT2D eigenvalue weighted by molar-refractivity contribution is 7.90. The molecule has 1 nitrogen and oxygen atoms in total. The molecular formula is C2H6Cl2OP2. The standard InChI is InChI=1S/C2H6Cl2OP2/c1-6(3)5-7(2)4/h1-2H3. The van der Waals surface area contributed by atoms with E-state index >= 15 is 0 Å². The second-order valence-electron chi connectivity index (χ2n) is 0.923. The number of hydrogen-bond donors (Lipinski definition) is 0. The second kappa shape index (κ2) is 4.30. The van der Waals surface area contributed by atoms with E-state index in [4.69, 9.17) is 26.8 Å². The molecule has 44 valence electrons. The third-order valence-corrected chi connectivity index (χ3v) is 3.14. The van der Waals surface area contributed by atoms with Gasteiger partial charge in [0.1, 0.15) is 15.0 Å². The third kappa shape index (κ3) is 7.40. The fourth-order valence-corrected chi connectivity index (χ4v) is 3.35. The van der Waals surface area contributed by atoms with E-state index in [1.165, 1.54) is 0 Å². The lowest BCUT2D eigenvalue weighted by Gasteiger charge is -2.03. The van der Waals surface area contributed by atoms with Crippen molar-refractivity contribution in [1.29, 1.82) is 0 Å². The fourth-order valence-electron chi connectivity index (χ4n) is 0.155. The van der Waals surface area contributed by atoms with Crippen LogP contribution in [0.2, 0.25) is 0 Å². The molecule has 0 aliphatic heterocycles. The van der Waals surface area contributed by atoms with Gasteiger partial charge < -0.3 is 4.31 Å².